The van der Waals surface area contributed by atoms with Crippen LogP contribution in [0.3, 0.4) is 0 Å². The Labute approximate surface area is 180 Å². The monoisotopic (exact) mass is 460 g/mol. The van der Waals surface area contributed by atoms with Gasteiger partial charge in [0.15, 0.2) is 0 Å². The molecule has 0 spiro atoms. The van der Waals surface area contributed by atoms with Gasteiger partial charge in [0.1, 0.15) is 28.5 Å². The van der Waals surface area contributed by atoms with Crippen molar-refractivity contribution in [1.82, 2.24) is 24.2 Å². The van der Waals surface area contributed by atoms with Crippen LogP contribution in [0.25, 0.3) is 28.1 Å². The summed E-state index contributed by atoms with van der Waals surface area (Å²) < 4.78 is 66.2. The first-order chi connectivity index (χ1) is 15.0. The molecule has 0 saturated heterocycles. The van der Waals surface area contributed by atoms with Crippen LogP contribution >= 0.6 is 0 Å². The van der Waals surface area contributed by atoms with Crippen LogP contribution in [0.2, 0.25) is 0 Å². The molecule has 0 aromatic carbocycles. The average molecular weight is 460 g/mol. The maximum absolute atomic E-state index is 12.8. The van der Waals surface area contributed by atoms with Crippen LogP contribution in [-0.2, 0) is 10.0 Å². The summed E-state index contributed by atoms with van der Waals surface area (Å²) in [5.41, 5.74) is 2.09. The molecule has 0 radical (unpaired) electrons. The SMILES string of the molecule is Cc1ncc2c(C#N)c(-c3ccc(S(=O)(=O)NC(C)C(F)(F)F)cn3)n(C3=CC=C3)c2n1. The number of sulfonamides is 1. The molecular weight excluding hydrogens is 445 g/mol. The lowest BCUT2D eigenvalue weighted by Gasteiger charge is -2.17. The lowest BCUT2D eigenvalue weighted by Crippen LogP contribution is -2.42. The summed E-state index contributed by atoms with van der Waals surface area (Å²) in [6.45, 7) is 2.42. The molecule has 3 heterocycles. The number of rotatable bonds is 5. The van der Waals surface area contributed by atoms with E-state index in [1.165, 1.54) is 12.3 Å². The number of pyridine rings is 1. The Morgan fingerprint density at radius 3 is 2.47 bits per heavy atom. The third-order valence-electron chi connectivity index (χ3n) is 4.85. The average Bonchev–Trinajstić information content (AvgIpc) is 2.99. The molecule has 1 aliphatic rings. The molecular formula is C20H15F3N6O2S. The van der Waals surface area contributed by atoms with Crippen LogP contribution in [0.5, 0.6) is 0 Å². The number of aryl methyl sites for hydroxylation is 1. The van der Waals surface area contributed by atoms with E-state index in [-0.39, 0.29) is 11.3 Å². The lowest BCUT2D eigenvalue weighted by molar-refractivity contribution is -0.147. The van der Waals surface area contributed by atoms with Crippen molar-refractivity contribution in [3.63, 3.8) is 0 Å². The van der Waals surface area contributed by atoms with E-state index >= 15 is 0 Å². The van der Waals surface area contributed by atoms with Crippen LogP contribution in [-0.4, -0.2) is 40.2 Å². The predicted molar refractivity (Wildman–Crippen MR) is 109 cm³/mol. The molecule has 0 fully saturated rings. The van der Waals surface area contributed by atoms with E-state index in [2.05, 4.69) is 21.0 Å². The van der Waals surface area contributed by atoms with Gasteiger partial charge >= 0.3 is 6.18 Å². The number of fused-ring (bicyclic) bond motifs is 1. The normalized spacial score (nSPS) is 14.7. The first-order valence-electron chi connectivity index (χ1n) is 9.25. The van der Waals surface area contributed by atoms with Crippen LogP contribution < -0.4 is 4.72 Å². The van der Waals surface area contributed by atoms with E-state index in [4.69, 9.17) is 0 Å². The fraction of sp³-hybridized carbons (Fsp3) is 0.200. The van der Waals surface area contributed by atoms with Gasteiger partial charge in [-0.25, -0.2) is 18.4 Å². The van der Waals surface area contributed by atoms with Gasteiger partial charge < -0.3 is 0 Å². The Kier molecular flexibility index (Phi) is 5.10. The fourth-order valence-corrected chi connectivity index (χ4v) is 4.31. The summed E-state index contributed by atoms with van der Waals surface area (Å²) >= 11 is 0. The van der Waals surface area contributed by atoms with E-state index in [9.17, 15) is 26.9 Å². The molecule has 3 aromatic heterocycles. The third-order valence-corrected chi connectivity index (χ3v) is 6.37. The highest BCUT2D eigenvalue weighted by atomic mass is 32.2. The Balaban J connectivity index is 1.82. The number of nitrogens with one attached hydrogen (secondary N) is 1. The third kappa shape index (κ3) is 3.65. The van der Waals surface area contributed by atoms with E-state index in [0.717, 1.165) is 18.0 Å². The minimum atomic E-state index is -4.73. The highest BCUT2D eigenvalue weighted by molar-refractivity contribution is 7.89. The molecule has 1 atom stereocenters. The minimum Gasteiger partial charge on any atom is -0.291 e. The van der Waals surface area contributed by atoms with Crippen molar-refractivity contribution in [2.45, 2.75) is 31.0 Å². The molecule has 0 bridgehead atoms. The number of aromatic nitrogens is 4. The molecule has 3 aromatic rings. The summed E-state index contributed by atoms with van der Waals surface area (Å²) in [5, 5.41) is 10.3. The van der Waals surface area contributed by atoms with Gasteiger partial charge in [-0.1, -0.05) is 6.08 Å². The molecule has 4 rings (SSSR count). The summed E-state index contributed by atoms with van der Waals surface area (Å²) in [5.74, 6) is 0.496. The van der Waals surface area contributed by atoms with Gasteiger partial charge in [0.25, 0.3) is 0 Å². The summed E-state index contributed by atoms with van der Waals surface area (Å²) in [4.78, 5) is 12.3. The molecule has 0 aliphatic heterocycles. The zero-order valence-electron chi connectivity index (χ0n) is 16.7. The topological polar surface area (TPSA) is 114 Å². The van der Waals surface area contributed by atoms with Crippen molar-refractivity contribution in [2.75, 3.05) is 0 Å². The fourth-order valence-electron chi connectivity index (χ4n) is 3.14. The largest absolute Gasteiger partial charge is 0.404 e. The van der Waals surface area contributed by atoms with Crippen molar-refractivity contribution >= 4 is 26.8 Å². The Morgan fingerprint density at radius 1 is 1.22 bits per heavy atom. The van der Waals surface area contributed by atoms with Crippen molar-refractivity contribution in [2.24, 2.45) is 0 Å². The molecule has 164 valence electrons. The molecule has 1 aliphatic carbocycles. The van der Waals surface area contributed by atoms with Gasteiger partial charge in [0, 0.05) is 18.1 Å². The van der Waals surface area contributed by atoms with Crippen molar-refractivity contribution in [3.05, 3.63) is 54.1 Å². The smallest absolute Gasteiger partial charge is 0.291 e. The molecule has 1 unspecified atom stereocenters. The number of alkyl halides is 3. The number of hydrogen-bond acceptors (Lipinski definition) is 6. The first kappa shape index (κ1) is 21.7. The zero-order chi connectivity index (χ0) is 23.3. The second-order valence-corrected chi connectivity index (χ2v) is 8.75. The van der Waals surface area contributed by atoms with Crippen LogP contribution in [0.1, 0.15) is 18.3 Å². The molecule has 12 heteroatoms. The number of nitrogens with zero attached hydrogens (tertiary/aromatic N) is 5. The minimum absolute atomic E-state index is 0.244. The number of hydrogen-bond donors (Lipinski definition) is 1. The Bertz CT molecular complexity index is 1430. The van der Waals surface area contributed by atoms with Crippen molar-refractivity contribution < 1.29 is 21.6 Å². The predicted octanol–water partition coefficient (Wildman–Crippen LogP) is 3.31. The van der Waals surface area contributed by atoms with E-state index in [1.807, 2.05) is 18.2 Å². The van der Waals surface area contributed by atoms with E-state index in [1.54, 1.807) is 16.2 Å². The second-order valence-electron chi connectivity index (χ2n) is 7.04. The van der Waals surface area contributed by atoms with E-state index < -0.39 is 27.1 Å². The number of nitriles is 1. The Hall–Kier alpha value is -3.56. The van der Waals surface area contributed by atoms with Gasteiger partial charge in [-0.3, -0.25) is 9.55 Å². The standard InChI is InChI=1S/C20H15F3N6O2S/c1-11(20(21,22)23)28-32(30,31)14-6-7-17(26-9-14)18-15(8-24)16-10-25-12(2)27-19(16)29(18)13-4-3-5-13/h3-7,9-11,28H,1-2H3. The second kappa shape index (κ2) is 7.54. The maximum Gasteiger partial charge on any atom is 0.404 e. The quantitative estimate of drug-likeness (QED) is 0.625. The van der Waals surface area contributed by atoms with E-state index in [0.29, 0.717) is 29.5 Å². The summed E-state index contributed by atoms with van der Waals surface area (Å²) in [7, 11) is -4.46. The van der Waals surface area contributed by atoms with Gasteiger partial charge in [-0.05, 0) is 38.1 Å². The van der Waals surface area contributed by atoms with Crippen LogP contribution in [0.4, 0.5) is 13.2 Å². The highest BCUT2D eigenvalue weighted by Crippen LogP contribution is 2.36. The molecule has 0 saturated carbocycles. The summed E-state index contributed by atoms with van der Waals surface area (Å²) in [6, 6.07) is 2.33. The van der Waals surface area contributed by atoms with Gasteiger partial charge in [-0.15, -0.1) is 0 Å². The van der Waals surface area contributed by atoms with Gasteiger partial charge in [-0.2, -0.15) is 23.2 Å². The first-order valence-corrected chi connectivity index (χ1v) is 10.7. The van der Waals surface area contributed by atoms with Gasteiger partial charge in [0.2, 0.25) is 10.0 Å². The Morgan fingerprint density at radius 2 is 1.94 bits per heavy atom. The molecule has 1 N–H and O–H groups in total. The maximum atomic E-state index is 12.8. The summed E-state index contributed by atoms with van der Waals surface area (Å²) in [6.07, 6.45) is 3.17. The number of allylic oxidation sites excluding steroid dienone is 4. The van der Waals surface area contributed by atoms with Gasteiger partial charge in [0.05, 0.1) is 22.3 Å². The lowest BCUT2D eigenvalue weighted by atomic mass is 10.1. The molecule has 8 nitrogen and oxygen atoms in total. The van der Waals surface area contributed by atoms with Crippen molar-refractivity contribution in [3.8, 4) is 17.5 Å². The zero-order valence-corrected chi connectivity index (χ0v) is 17.5. The van der Waals surface area contributed by atoms with Crippen molar-refractivity contribution in [1.29, 1.82) is 5.26 Å². The highest BCUT2D eigenvalue weighted by Gasteiger charge is 2.39. The molecule has 0 amide bonds. The van der Waals surface area contributed by atoms with Crippen LogP contribution in [0.15, 0.2) is 47.6 Å². The number of halogens is 3. The van der Waals surface area contributed by atoms with Crippen LogP contribution in [0, 0.1) is 18.3 Å². The molecule has 32 heavy (non-hydrogen) atoms.